The van der Waals surface area contributed by atoms with Gasteiger partial charge < -0.3 is 19.7 Å². The number of amides is 2. The predicted molar refractivity (Wildman–Crippen MR) is 106 cm³/mol. The summed E-state index contributed by atoms with van der Waals surface area (Å²) in [5.41, 5.74) is 1.19. The first-order chi connectivity index (χ1) is 13.7. The summed E-state index contributed by atoms with van der Waals surface area (Å²) in [6, 6.07) is 17.4. The number of nitrogens with one attached hydrogen (secondary N) is 1. The molecule has 3 rings (SSSR count). The van der Waals surface area contributed by atoms with Crippen molar-refractivity contribution in [2.75, 3.05) is 33.4 Å². The van der Waals surface area contributed by atoms with Crippen molar-refractivity contribution < 1.29 is 19.1 Å². The van der Waals surface area contributed by atoms with Gasteiger partial charge in [0.2, 0.25) is 11.8 Å². The minimum absolute atomic E-state index is 0.0451. The van der Waals surface area contributed by atoms with E-state index in [2.05, 4.69) is 5.32 Å². The summed E-state index contributed by atoms with van der Waals surface area (Å²) in [7, 11) is 1.60. The lowest BCUT2D eigenvalue weighted by Crippen LogP contribution is -2.35. The number of benzene rings is 2. The van der Waals surface area contributed by atoms with Crippen LogP contribution in [-0.2, 0) is 16.0 Å². The Morgan fingerprint density at radius 1 is 1.14 bits per heavy atom. The van der Waals surface area contributed by atoms with Gasteiger partial charge in [-0.3, -0.25) is 9.59 Å². The van der Waals surface area contributed by atoms with Gasteiger partial charge in [0, 0.05) is 25.6 Å². The Morgan fingerprint density at radius 2 is 1.93 bits per heavy atom. The fourth-order valence-electron chi connectivity index (χ4n) is 3.25. The molecule has 1 aliphatic rings. The summed E-state index contributed by atoms with van der Waals surface area (Å²) < 4.78 is 10.8. The average Bonchev–Trinajstić information content (AvgIpc) is 3.11. The second-order valence-corrected chi connectivity index (χ2v) is 6.79. The van der Waals surface area contributed by atoms with E-state index in [1.165, 1.54) is 5.56 Å². The lowest BCUT2D eigenvalue weighted by molar-refractivity contribution is -0.129. The zero-order chi connectivity index (χ0) is 19.8. The van der Waals surface area contributed by atoms with Crippen LogP contribution in [0.3, 0.4) is 0 Å². The van der Waals surface area contributed by atoms with E-state index >= 15 is 0 Å². The van der Waals surface area contributed by atoms with Gasteiger partial charge >= 0.3 is 0 Å². The van der Waals surface area contributed by atoms with Crippen LogP contribution in [0.25, 0.3) is 0 Å². The highest BCUT2D eigenvalue weighted by molar-refractivity contribution is 5.89. The molecular weight excluding hydrogens is 356 g/mol. The average molecular weight is 382 g/mol. The minimum atomic E-state index is -0.292. The predicted octanol–water partition coefficient (Wildman–Crippen LogP) is 2.28. The van der Waals surface area contributed by atoms with Crippen LogP contribution < -0.4 is 14.8 Å². The van der Waals surface area contributed by atoms with E-state index in [-0.39, 0.29) is 24.2 Å². The number of methoxy groups -OCH3 is 1. The monoisotopic (exact) mass is 382 g/mol. The molecule has 1 unspecified atom stereocenters. The van der Waals surface area contributed by atoms with Crippen LogP contribution >= 0.6 is 0 Å². The number of likely N-dealkylation sites (tertiary alicyclic amines) is 1. The molecule has 6 nitrogen and oxygen atoms in total. The van der Waals surface area contributed by atoms with E-state index in [1.807, 2.05) is 48.5 Å². The Balaban J connectivity index is 1.38. The summed E-state index contributed by atoms with van der Waals surface area (Å²) >= 11 is 0. The van der Waals surface area contributed by atoms with E-state index in [0.29, 0.717) is 32.0 Å². The normalized spacial score (nSPS) is 16.1. The number of ether oxygens (including phenoxy) is 2. The standard InChI is InChI=1S/C22H26N2O4/c1-27-19-8-5-9-20(15-19)28-13-11-23-22(26)18-14-21(25)24(16-18)12-10-17-6-3-2-4-7-17/h2-9,15,18H,10-14,16H2,1H3,(H,23,26). The molecule has 1 atom stereocenters. The van der Waals surface area contributed by atoms with E-state index in [4.69, 9.17) is 9.47 Å². The molecule has 1 saturated heterocycles. The van der Waals surface area contributed by atoms with Crippen LogP contribution in [0.2, 0.25) is 0 Å². The molecule has 2 amide bonds. The molecule has 1 aliphatic heterocycles. The molecule has 1 N–H and O–H groups in total. The maximum atomic E-state index is 12.4. The van der Waals surface area contributed by atoms with Crippen molar-refractivity contribution in [3.63, 3.8) is 0 Å². The summed E-state index contributed by atoms with van der Waals surface area (Å²) in [5.74, 6) is 1.08. The Kier molecular flexibility index (Phi) is 6.89. The molecular formula is C22H26N2O4. The van der Waals surface area contributed by atoms with Crippen molar-refractivity contribution in [2.45, 2.75) is 12.8 Å². The number of nitrogens with zero attached hydrogens (tertiary/aromatic N) is 1. The smallest absolute Gasteiger partial charge is 0.225 e. The SMILES string of the molecule is COc1cccc(OCCNC(=O)C2CC(=O)N(CCc3ccccc3)C2)c1. The van der Waals surface area contributed by atoms with Gasteiger partial charge in [-0.05, 0) is 24.1 Å². The van der Waals surface area contributed by atoms with Gasteiger partial charge in [-0.1, -0.05) is 36.4 Å². The summed E-state index contributed by atoms with van der Waals surface area (Å²) in [6.45, 7) is 1.88. The second-order valence-electron chi connectivity index (χ2n) is 6.79. The molecule has 0 aliphatic carbocycles. The highest BCUT2D eigenvalue weighted by atomic mass is 16.5. The third kappa shape index (κ3) is 5.49. The molecule has 2 aromatic carbocycles. The van der Waals surface area contributed by atoms with Gasteiger partial charge in [0.25, 0.3) is 0 Å². The molecule has 1 heterocycles. The molecule has 0 radical (unpaired) electrons. The Bertz CT molecular complexity index is 794. The topological polar surface area (TPSA) is 67.9 Å². The molecule has 6 heteroatoms. The number of rotatable bonds is 9. The zero-order valence-corrected chi connectivity index (χ0v) is 16.1. The first-order valence-corrected chi connectivity index (χ1v) is 9.52. The first kappa shape index (κ1) is 19.7. The summed E-state index contributed by atoms with van der Waals surface area (Å²) in [4.78, 5) is 26.3. The number of hydrogen-bond acceptors (Lipinski definition) is 4. The van der Waals surface area contributed by atoms with Crippen molar-refractivity contribution >= 4 is 11.8 Å². The van der Waals surface area contributed by atoms with E-state index in [1.54, 1.807) is 18.1 Å². The molecule has 0 saturated carbocycles. The molecule has 0 aromatic heterocycles. The van der Waals surface area contributed by atoms with Crippen LogP contribution in [-0.4, -0.2) is 50.1 Å². The van der Waals surface area contributed by atoms with Crippen LogP contribution in [0.1, 0.15) is 12.0 Å². The number of carbonyl (C=O) groups excluding carboxylic acids is 2. The third-order valence-electron chi connectivity index (χ3n) is 4.81. The molecule has 1 fully saturated rings. The fraction of sp³-hybridized carbons (Fsp3) is 0.364. The van der Waals surface area contributed by atoms with Crippen LogP contribution in [0.15, 0.2) is 54.6 Å². The van der Waals surface area contributed by atoms with Crippen LogP contribution in [0.4, 0.5) is 0 Å². The van der Waals surface area contributed by atoms with E-state index in [9.17, 15) is 9.59 Å². The first-order valence-electron chi connectivity index (χ1n) is 9.52. The zero-order valence-electron chi connectivity index (χ0n) is 16.1. The maximum Gasteiger partial charge on any atom is 0.225 e. The van der Waals surface area contributed by atoms with Crippen LogP contribution in [0.5, 0.6) is 11.5 Å². The lowest BCUT2D eigenvalue weighted by atomic mass is 10.1. The third-order valence-corrected chi connectivity index (χ3v) is 4.81. The highest BCUT2D eigenvalue weighted by Gasteiger charge is 2.33. The number of carbonyl (C=O) groups is 2. The Hall–Kier alpha value is -3.02. The van der Waals surface area contributed by atoms with Gasteiger partial charge in [0.15, 0.2) is 0 Å². The molecule has 28 heavy (non-hydrogen) atoms. The van der Waals surface area contributed by atoms with Gasteiger partial charge in [-0.2, -0.15) is 0 Å². The molecule has 148 valence electrons. The van der Waals surface area contributed by atoms with Crippen molar-refractivity contribution in [3.05, 3.63) is 60.2 Å². The van der Waals surface area contributed by atoms with Gasteiger partial charge in [-0.15, -0.1) is 0 Å². The number of hydrogen-bond donors (Lipinski definition) is 1. The van der Waals surface area contributed by atoms with E-state index in [0.717, 1.165) is 12.2 Å². The Morgan fingerprint density at radius 3 is 2.71 bits per heavy atom. The van der Waals surface area contributed by atoms with Gasteiger partial charge in [0.1, 0.15) is 18.1 Å². The lowest BCUT2D eigenvalue weighted by Gasteiger charge is -2.16. The van der Waals surface area contributed by atoms with Crippen molar-refractivity contribution in [3.8, 4) is 11.5 Å². The van der Waals surface area contributed by atoms with Crippen molar-refractivity contribution in [1.82, 2.24) is 10.2 Å². The van der Waals surface area contributed by atoms with Gasteiger partial charge in [-0.25, -0.2) is 0 Å². The van der Waals surface area contributed by atoms with Crippen molar-refractivity contribution in [2.24, 2.45) is 5.92 Å². The van der Waals surface area contributed by atoms with Crippen LogP contribution in [0, 0.1) is 5.92 Å². The summed E-state index contributed by atoms with van der Waals surface area (Å²) in [5, 5.41) is 2.86. The minimum Gasteiger partial charge on any atom is -0.497 e. The molecule has 0 spiro atoms. The molecule has 0 bridgehead atoms. The largest absolute Gasteiger partial charge is 0.497 e. The maximum absolute atomic E-state index is 12.4. The van der Waals surface area contributed by atoms with Gasteiger partial charge in [0.05, 0.1) is 19.6 Å². The van der Waals surface area contributed by atoms with E-state index < -0.39 is 0 Å². The summed E-state index contributed by atoms with van der Waals surface area (Å²) in [6.07, 6.45) is 1.08. The fourth-order valence-corrected chi connectivity index (χ4v) is 3.25. The quantitative estimate of drug-likeness (QED) is 0.676. The Labute approximate surface area is 165 Å². The second kappa shape index (κ2) is 9.78. The van der Waals surface area contributed by atoms with Crippen molar-refractivity contribution in [1.29, 1.82) is 0 Å². The molecule has 2 aromatic rings. The highest BCUT2D eigenvalue weighted by Crippen LogP contribution is 2.19.